The van der Waals surface area contributed by atoms with Gasteiger partial charge in [0.2, 0.25) is 16.0 Å². The van der Waals surface area contributed by atoms with E-state index in [1.165, 1.54) is 12.1 Å². The molecule has 12 heteroatoms. The number of aromatic nitrogens is 2. The lowest BCUT2D eigenvalue weighted by atomic mass is 9.82. The number of rotatable bonds is 10. The lowest BCUT2D eigenvalue weighted by molar-refractivity contribution is -0.275. The van der Waals surface area contributed by atoms with Gasteiger partial charge in [0, 0.05) is 32.1 Å². The Hall–Kier alpha value is -3.12. The fourth-order valence-electron chi connectivity index (χ4n) is 4.64. The van der Waals surface area contributed by atoms with E-state index < -0.39 is 27.0 Å². The van der Waals surface area contributed by atoms with Crippen LogP contribution in [0.4, 0.5) is 24.9 Å². The summed E-state index contributed by atoms with van der Waals surface area (Å²) in [5, 5.41) is 4.38. The minimum Gasteiger partial charge on any atom is -0.404 e. The number of benzene rings is 2. The molecule has 0 saturated heterocycles. The molecule has 0 amide bonds. The smallest absolute Gasteiger partial charge is 0.404 e. The van der Waals surface area contributed by atoms with E-state index in [1.807, 2.05) is 31.3 Å². The summed E-state index contributed by atoms with van der Waals surface area (Å²) in [7, 11) is -2.17. The fourth-order valence-corrected chi connectivity index (χ4v) is 5.88. The van der Waals surface area contributed by atoms with E-state index in [4.69, 9.17) is 4.98 Å². The zero-order valence-electron chi connectivity index (χ0n) is 21.3. The van der Waals surface area contributed by atoms with Gasteiger partial charge in [0.15, 0.2) is 0 Å². The summed E-state index contributed by atoms with van der Waals surface area (Å²) in [5.41, 5.74) is 0.874. The molecule has 3 aromatic rings. The minimum atomic E-state index is -4.98. The molecule has 2 aromatic carbocycles. The van der Waals surface area contributed by atoms with Crippen LogP contribution in [0.5, 0.6) is 5.75 Å². The highest BCUT2D eigenvalue weighted by atomic mass is 32.2. The number of para-hydroxylation sites is 2. The molecular formula is C26H32F3N5O3S. The van der Waals surface area contributed by atoms with Crippen LogP contribution < -0.4 is 19.7 Å². The van der Waals surface area contributed by atoms with Crippen molar-refractivity contribution in [2.45, 2.75) is 43.9 Å². The summed E-state index contributed by atoms with van der Waals surface area (Å²) < 4.78 is 69.8. The lowest BCUT2D eigenvalue weighted by Crippen LogP contribution is -2.33. The Morgan fingerprint density at radius 2 is 1.61 bits per heavy atom. The fraction of sp³-hybridized carbons (Fsp3) is 0.462. The number of sulfonamides is 1. The molecule has 206 valence electrons. The number of alkyl halides is 3. The van der Waals surface area contributed by atoms with Crippen LogP contribution in [-0.2, 0) is 10.0 Å². The van der Waals surface area contributed by atoms with Crippen LogP contribution in [0.25, 0.3) is 10.9 Å². The molecule has 1 fully saturated rings. The molecule has 2 N–H and O–H groups in total. The molecule has 1 aromatic heterocycles. The summed E-state index contributed by atoms with van der Waals surface area (Å²) in [4.78, 5) is 10.9. The van der Waals surface area contributed by atoms with Gasteiger partial charge in [-0.3, -0.25) is 0 Å². The second-order valence-corrected chi connectivity index (χ2v) is 11.3. The van der Waals surface area contributed by atoms with Crippen LogP contribution in [0.2, 0.25) is 0 Å². The first kappa shape index (κ1) is 27.9. The number of hydrogen-bond acceptors (Lipinski definition) is 7. The van der Waals surface area contributed by atoms with Crippen molar-refractivity contribution in [3.05, 3.63) is 48.5 Å². The summed E-state index contributed by atoms with van der Waals surface area (Å²) in [5.74, 6) is 1.18. The van der Waals surface area contributed by atoms with Crippen molar-refractivity contribution in [1.29, 1.82) is 0 Å². The van der Waals surface area contributed by atoms with Crippen molar-refractivity contribution in [1.82, 2.24) is 14.7 Å². The number of anilines is 2. The van der Waals surface area contributed by atoms with E-state index in [2.05, 4.69) is 31.6 Å². The van der Waals surface area contributed by atoms with Gasteiger partial charge in [-0.1, -0.05) is 24.3 Å². The maximum atomic E-state index is 12.7. The minimum absolute atomic E-state index is 0.0958. The molecule has 0 radical (unpaired) electrons. The van der Waals surface area contributed by atoms with E-state index >= 15 is 0 Å². The number of nitrogens with one attached hydrogen (secondary N) is 2. The molecule has 0 atom stereocenters. The van der Waals surface area contributed by atoms with Crippen molar-refractivity contribution in [2.75, 3.05) is 36.9 Å². The maximum absolute atomic E-state index is 12.7. The molecule has 0 aliphatic heterocycles. The Kier molecular flexibility index (Phi) is 8.61. The first-order chi connectivity index (χ1) is 18.1. The zero-order chi connectivity index (χ0) is 27.3. The van der Waals surface area contributed by atoms with E-state index in [1.54, 1.807) is 0 Å². The second kappa shape index (κ2) is 11.7. The molecule has 0 bridgehead atoms. The molecule has 1 saturated carbocycles. The van der Waals surface area contributed by atoms with Gasteiger partial charge in [-0.2, -0.15) is 4.98 Å². The third-order valence-electron chi connectivity index (χ3n) is 6.86. The van der Waals surface area contributed by atoms with Gasteiger partial charge in [0.05, 0.1) is 5.52 Å². The van der Waals surface area contributed by atoms with Crippen LogP contribution in [0.3, 0.4) is 0 Å². The van der Waals surface area contributed by atoms with Gasteiger partial charge in [-0.15, -0.1) is 13.2 Å². The lowest BCUT2D eigenvalue weighted by Gasteiger charge is -2.29. The summed E-state index contributed by atoms with van der Waals surface area (Å²) in [6, 6.07) is 12.6. The topological polar surface area (TPSA) is 96.5 Å². The monoisotopic (exact) mass is 551 g/mol. The van der Waals surface area contributed by atoms with Crippen molar-refractivity contribution >= 4 is 32.7 Å². The highest BCUT2D eigenvalue weighted by molar-refractivity contribution is 7.89. The van der Waals surface area contributed by atoms with Crippen LogP contribution in [0.1, 0.15) is 32.6 Å². The van der Waals surface area contributed by atoms with Gasteiger partial charge < -0.3 is 15.0 Å². The Morgan fingerprint density at radius 1 is 0.974 bits per heavy atom. The Bertz CT molecular complexity index is 1350. The van der Waals surface area contributed by atoms with Gasteiger partial charge in [-0.05, 0) is 68.7 Å². The SMILES string of the molecule is CCN(C)c1nc(NC[C@H]2CC[C@H](CNS(=O)(=O)c3ccccc3OC(F)(F)F)CC2)nc2ccccc12. The predicted octanol–water partition coefficient (Wildman–Crippen LogP) is 5.18. The molecule has 1 aliphatic carbocycles. The van der Waals surface area contributed by atoms with Crippen molar-refractivity contribution in [2.24, 2.45) is 11.8 Å². The second-order valence-electron chi connectivity index (χ2n) is 9.52. The van der Waals surface area contributed by atoms with Crippen LogP contribution >= 0.6 is 0 Å². The van der Waals surface area contributed by atoms with Crippen molar-refractivity contribution in [3.8, 4) is 5.75 Å². The highest BCUT2D eigenvalue weighted by Crippen LogP contribution is 2.32. The van der Waals surface area contributed by atoms with Crippen LogP contribution in [0.15, 0.2) is 53.4 Å². The number of ether oxygens (including phenoxy) is 1. The third-order valence-corrected chi connectivity index (χ3v) is 8.32. The van der Waals surface area contributed by atoms with E-state index in [0.29, 0.717) is 18.4 Å². The van der Waals surface area contributed by atoms with Gasteiger partial charge in [-0.25, -0.2) is 18.1 Å². The predicted molar refractivity (Wildman–Crippen MR) is 141 cm³/mol. The van der Waals surface area contributed by atoms with Gasteiger partial charge >= 0.3 is 6.36 Å². The number of fused-ring (bicyclic) bond motifs is 1. The molecule has 0 unspecified atom stereocenters. The first-order valence-electron chi connectivity index (χ1n) is 12.6. The molecule has 1 aliphatic rings. The third kappa shape index (κ3) is 7.04. The highest BCUT2D eigenvalue weighted by Gasteiger charge is 2.34. The van der Waals surface area contributed by atoms with E-state index in [-0.39, 0.29) is 12.5 Å². The molecule has 38 heavy (non-hydrogen) atoms. The average Bonchev–Trinajstić information content (AvgIpc) is 2.89. The Morgan fingerprint density at radius 3 is 2.29 bits per heavy atom. The van der Waals surface area contributed by atoms with Crippen molar-refractivity contribution < 1.29 is 26.3 Å². The van der Waals surface area contributed by atoms with Gasteiger partial charge in [0.25, 0.3) is 0 Å². The van der Waals surface area contributed by atoms with Crippen LogP contribution in [-0.4, -0.2) is 51.4 Å². The number of hydrogen-bond donors (Lipinski definition) is 2. The number of nitrogens with zero attached hydrogens (tertiary/aromatic N) is 3. The maximum Gasteiger partial charge on any atom is 0.573 e. The van der Waals surface area contributed by atoms with E-state index in [0.717, 1.165) is 61.1 Å². The number of halogens is 3. The van der Waals surface area contributed by atoms with Crippen molar-refractivity contribution in [3.63, 3.8) is 0 Å². The van der Waals surface area contributed by atoms with Crippen LogP contribution in [0, 0.1) is 11.8 Å². The largest absolute Gasteiger partial charge is 0.573 e. The summed E-state index contributed by atoms with van der Waals surface area (Å²) in [6.07, 6.45) is -1.59. The quantitative estimate of drug-likeness (QED) is 0.358. The molecule has 0 spiro atoms. The summed E-state index contributed by atoms with van der Waals surface area (Å²) in [6.45, 7) is 3.74. The Balaban J connectivity index is 1.31. The molecule has 1 heterocycles. The molecule has 8 nitrogen and oxygen atoms in total. The normalized spacial score (nSPS) is 18.3. The van der Waals surface area contributed by atoms with Gasteiger partial charge in [0.1, 0.15) is 16.5 Å². The standard InChI is InChI=1S/C26H32F3N5O3S/c1-3-34(2)24-20-8-4-5-9-21(20)32-25(33-24)30-16-18-12-14-19(15-13-18)17-31-38(35,36)23-11-7-6-10-22(23)37-26(27,28)29/h4-11,18-19,31H,3,12-17H2,1-2H3,(H,30,32,33)/t18-,19-. The molecule has 4 rings (SSSR count). The molecular weight excluding hydrogens is 519 g/mol. The average molecular weight is 552 g/mol. The zero-order valence-corrected chi connectivity index (χ0v) is 22.1. The van der Waals surface area contributed by atoms with E-state index in [9.17, 15) is 21.6 Å². The Labute approximate surface area is 220 Å². The first-order valence-corrected chi connectivity index (χ1v) is 14.1. The summed E-state index contributed by atoms with van der Waals surface area (Å²) >= 11 is 0.